The van der Waals surface area contributed by atoms with Gasteiger partial charge in [0.1, 0.15) is 28.9 Å². The summed E-state index contributed by atoms with van der Waals surface area (Å²) in [5.74, 6) is -1.92. The number of hydrogen-bond acceptors (Lipinski definition) is 6. The zero-order chi connectivity index (χ0) is 22.1. The lowest BCUT2D eigenvalue weighted by Crippen LogP contribution is -2.42. The van der Waals surface area contributed by atoms with Crippen molar-refractivity contribution < 1.29 is 32.3 Å². The minimum absolute atomic E-state index is 0.211. The molecule has 4 amide bonds. The molecule has 0 radical (unpaired) electrons. The van der Waals surface area contributed by atoms with Gasteiger partial charge in [-0.3, -0.25) is 14.5 Å². The van der Waals surface area contributed by atoms with Gasteiger partial charge in [-0.2, -0.15) is 5.26 Å². The summed E-state index contributed by atoms with van der Waals surface area (Å²) in [7, 11) is 0. The molecule has 0 bridgehead atoms. The van der Waals surface area contributed by atoms with Crippen LogP contribution in [0.5, 0.6) is 5.75 Å². The number of rotatable bonds is 5. The summed E-state index contributed by atoms with van der Waals surface area (Å²) in [5, 5.41) is 15.8. The molecule has 2 heterocycles. The van der Waals surface area contributed by atoms with Crippen molar-refractivity contribution in [2.75, 3.05) is 11.9 Å². The second-order valence-electron chi connectivity index (χ2n) is 6.34. The van der Waals surface area contributed by atoms with Crippen molar-refractivity contribution in [2.45, 2.75) is 18.8 Å². The molecule has 1 unspecified atom stereocenters. The number of amides is 4. The number of carbonyl (C=O) groups is 3. The number of benzene rings is 1. The average molecular weight is 438 g/mol. The van der Waals surface area contributed by atoms with Crippen LogP contribution in [0.15, 0.2) is 35.7 Å². The SMILES string of the molecule is CC1(c2ccc(OC(F)(F)F)cc2)NC(=O)N(CC(=O)Nc2sccc2C#N)C1=O. The van der Waals surface area contributed by atoms with E-state index in [1.807, 2.05) is 6.07 Å². The number of carbonyl (C=O) groups excluding carboxylic acids is 3. The van der Waals surface area contributed by atoms with Crippen molar-refractivity contribution >= 4 is 34.2 Å². The number of halogens is 3. The summed E-state index contributed by atoms with van der Waals surface area (Å²) in [5.41, 5.74) is -1.12. The third-order valence-electron chi connectivity index (χ3n) is 4.28. The quantitative estimate of drug-likeness (QED) is 0.698. The van der Waals surface area contributed by atoms with Crippen LogP contribution in [0.3, 0.4) is 0 Å². The number of imide groups is 1. The van der Waals surface area contributed by atoms with Crippen molar-refractivity contribution in [1.82, 2.24) is 10.2 Å². The molecule has 0 spiro atoms. The smallest absolute Gasteiger partial charge is 0.406 e. The molecular formula is C18H13F3N4O4S. The van der Waals surface area contributed by atoms with E-state index in [1.54, 1.807) is 5.38 Å². The highest BCUT2D eigenvalue weighted by Crippen LogP contribution is 2.31. The molecule has 1 aromatic heterocycles. The normalized spacial score (nSPS) is 18.7. The molecule has 8 nitrogen and oxygen atoms in total. The number of urea groups is 1. The molecule has 1 atom stereocenters. The Hall–Kier alpha value is -3.59. The lowest BCUT2D eigenvalue weighted by atomic mass is 9.92. The molecule has 2 N–H and O–H groups in total. The van der Waals surface area contributed by atoms with Gasteiger partial charge < -0.3 is 15.4 Å². The van der Waals surface area contributed by atoms with Crippen molar-refractivity contribution in [3.8, 4) is 11.8 Å². The van der Waals surface area contributed by atoms with Crippen LogP contribution >= 0.6 is 11.3 Å². The lowest BCUT2D eigenvalue weighted by molar-refractivity contribution is -0.274. The minimum atomic E-state index is -4.86. The van der Waals surface area contributed by atoms with E-state index in [2.05, 4.69) is 15.4 Å². The molecule has 1 aromatic carbocycles. The van der Waals surface area contributed by atoms with Crippen molar-refractivity contribution in [3.63, 3.8) is 0 Å². The fourth-order valence-corrected chi connectivity index (χ4v) is 3.58. The van der Waals surface area contributed by atoms with Crippen LogP contribution < -0.4 is 15.4 Å². The third kappa shape index (κ3) is 4.20. The molecule has 2 aromatic rings. The van der Waals surface area contributed by atoms with Gasteiger partial charge in [-0.05, 0) is 36.1 Å². The van der Waals surface area contributed by atoms with E-state index >= 15 is 0 Å². The van der Waals surface area contributed by atoms with E-state index in [9.17, 15) is 27.6 Å². The zero-order valence-electron chi connectivity index (χ0n) is 15.2. The van der Waals surface area contributed by atoms with E-state index in [1.165, 1.54) is 25.1 Å². The number of nitrogens with one attached hydrogen (secondary N) is 2. The second-order valence-corrected chi connectivity index (χ2v) is 7.26. The topological polar surface area (TPSA) is 112 Å². The zero-order valence-corrected chi connectivity index (χ0v) is 16.1. The Bertz CT molecular complexity index is 1040. The first-order valence-corrected chi connectivity index (χ1v) is 9.19. The first-order chi connectivity index (χ1) is 14.0. The van der Waals surface area contributed by atoms with Gasteiger partial charge in [-0.1, -0.05) is 12.1 Å². The monoisotopic (exact) mass is 438 g/mol. The molecule has 30 heavy (non-hydrogen) atoms. The molecule has 1 saturated heterocycles. The molecule has 0 saturated carbocycles. The summed E-state index contributed by atoms with van der Waals surface area (Å²) >= 11 is 1.11. The summed E-state index contributed by atoms with van der Waals surface area (Å²) < 4.78 is 40.7. The van der Waals surface area contributed by atoms with E-state index in [0.717, 1.165) is 23.5 Å². The molecule has 3 rings (SSSR count). The Labute approximate surface area is 171 Å². The van der Waals surface area contributed by atoms with Crippen LogP contribution in [0.25, 0.3) is 0 Å². The Morgan fingerprint density at radius 1 is 1.30 bits per heavy atom. The van der Waals surface area contributed by atoms with E-state index < -0.39 is 42.0 Å². The summed E-state index contributed by atoms with van der Waals surface area (Å²) in [4.78, 5) is 38.0. The summed E-state index contributed by atoms with van der Waals surface area (Å²) in [6.07, 6.45) is -4.86. The van der Waals surface area contributed by atoms with Crippen LogP contribution in [-0.2, 0) is 15.1 Å². The maximum Gasteiger partial charge on any atom is 0.573 e. The number of hydrogen-bond donors (Lipinski definition) is 2. The molecule has 1 fully saturated rings. The van der Waals surface area contributed by atoms with Crippen LogP contribution in [0.1, 0.15) is 18.1 Å². The Balaban J connectivity index is 1.73. The number of nitriles is 1. The predicted molar refractivity (Wildman–Crippen MR) is 98.4 cm³/mol. The highest BCUT2D eigenvalue weighted by Gasteiger charge is 2.49. The van der Waals surface area contributed by atoms with Gasteiger partial charge in [0, 0.05) is 0 Å². The van der Waals surface area contributed by atoms with Gasteiger partial charge in [-0.15, -0.1) is 24.5 Å². The maximum atomic E-state index is 12.8. The number of nitrogens with zero attached hydrogens (tertiary/aromatic N) is 2. The maximum absolute atomic E-state index is 12.8. The summed E-state index contributed by atoms with van der Waals surface area (Å²) in [6.45, 7) is 0.774. The van der Waals surface area contributed by atoms with Crippen LogP contribution in [0, 0.1) is 11.3 Å². The number of anilines is 1. The molecule has 0 aliphatic carbocycles. The van der Waals surface area contributed by atoms with Crippen molar-refractivity contribution in [2.24, 2.45) is 0 Å². The van der Waals surface area contributed by atoms with Gasteiger partial charge in [-0.25, -0.2) is 4.79 Å². The predicted octanol–water partition coefficient (Wildman–Crippen LogP) is 2.92. The third-order valence-corrected chi connectivity index (χ3v) is 5.11. The average Bonchev–Trinajstić information content (AvgIpc) is 3.19. The Morgan fingerprint density at radius 3 is 2.57 bits per heavy atom. The highest BCUT2D eigenvalue weighted by atomic mass is 32.1. The van der Waals surface area contributed by atoms with Gasteiger partial charge in [0.05, 0.1) is 5.56 Å². The number of alkyl halides is 3. The summed E-state index contributed by atoms with van der Waals surface area (Å²) in [6, 6.07) is 7.04. The number of ether oxygens (including phenoxy) is 1. The fourth-order valence-electron chi connectivity index (χ4n) is 2.83. The Morgan fingerprint density at radius 2 is 1.97 bits per heavy atom. The first-order valence-electron chi connectivity index (χ1n) is 8.31. The largest absolute Gasteiger partial charge is 0.573 e. The van der Waals surface area contributed by atoms with Gasteiger partial charge in [0.25, 0.3) is 5.91 Å². The van der Waals surface area contributed by atoms with Crippen LogP contribution in [0.4, 0.5) is 23.0 Å². The number of thiophene rings is 1. The fraction of sp³-hybridized carbons (Fsp3) is 0.222. The molecule has 156 valence electrons. The van der Waals surface area contributed by atoms with E-state index in [0.29, 0.717) is 4.90 Å². The molecular weight excluding hydrogens is 425 g/mol. The van der Waals surface area contributed by atoms with Crippen molar-refractivity contribution in [1.29, 1.82) is 5.26 Å². The second kappa shape index (κ2) is 7.68. The molecule has 12 heteroatoms. The van der Waals surface area contributed by atoms with Crippen molar-refractivity contribution in [3.05, 3.63) is 46.8 Å². The lowest BCUT2D eigenvalue weighted by Gasteiger charge is -2.22. The standard InChI is InChI=1S/C18H13F3N4O4S/c1-17(11-2-4-12(5-3-11)29-18(19,20)21)15(27)25(16(28)24-17)9-13(26)23-14-10(8-22)6-7-30-14/h2-7H,9H2,1H3,(H,23,26)(H,24,28). The van der Waals surface area contributed by atoms with E-state index in [4.69, 9.17) is 5.26 Å². The first kappa shape index (κ1) is 21.1. The van der Waals surface area contributed by atoms with Gasteiger partial charge in [0.15, 0.2) is 0 Å². The van der Waals surface area contributed by atoms with Gasteiger partial charge in [0.2, 0.25) is 5.91 Å². The van der Waals surface area contributed by atoms with E-state index in [-0.39, 0.29) is 16.1 Å². The highest BCUT2D eigenvalue weighted by molar-refractivity contribution is 7.14. The minimum Gasteiger partial charge on any atom is -0.406 e. The Kier molecular flexibility index (Phi) is 5.41. The van der Waals surface area contributed by atoms with Crippen LogP contribution in [0.2, 0.25) is 0 Å². The van der Waals surface area contributed by atoms with Gasteiger partial charge >= 0.3 is 12.4 Å². The van der Waals surface area contributed by atoms with Crippen LogP contribution in [-0.4, -0.2) is 35.7 Å². The molecule has 1 aliphatic heterocycles. The molecule has 1 aliphatic rings.